The summed E-state index contributed by atoms with van der Waals surface area (Å²) < 4.78 is 11.8. The van der Waals surface area contributed by atoms with Crippen LogP contribution in [0.5, 0.6) is 11.5 Å². The molecule has 25 heavy (non-hydrogen) atoms. The fourth-order valence-electron chi connectivity index (χ4n) is 2.38. The first-order valence-electron chi connectivity index (χ1n) is 8.16. The number of hydrogen-bond donors (Lipinski definition) is 2. The number of tetrazole rings is 1. The summed E-state index contributed by atoms with van der Waals surface area (Å²) in [5, 5.41) is 16.8. The second-order valence-corrected chi connectivity index (χ2v) is 5.54. The molecule has 0 saturated heterocycles. The van der Waals surface area contributed by atoms with Gasteiger partial charge in [0.05, 0.1) is 6.61 Å². The van der Waals surface area contributed by atoms with Crippen molar-refractivity contribution in [3.05, 3.63) is 59.2 Å². The monoisotopic (exact) mass is 339 g/mol. The van der Waals surface area contributed by atoms with Crippen molar-refractivity contribution in [2.45, 2.75) is 27.0 Å². The molecule has 0 bridgehead atoms. The molecule has 3 aromatic rings. The Morgan fingerprint density at radius 2 is 1.92 bits per heavy atom. The lowest BCUT2D eigenvalue weighted by molar-refractivity contribution is 0.267. The van der Waals surface area contributed by atoms with Gasteiger partial charge in [0.15, 0.2) is 11.5 Å². The molecule has 0 aliphatic rings. The van der Waals surface area contributed by atoms with Crippen LogP contribution in [0.3, 0.4) is 0 Å². The highest BCUT2D eigenvalue weighted by Gasteiger charge is 2.12. The van der Waals surface area contributed by atoms with Crippen LogP contribution < -0.4 is 14.8 Å². The molecular weight excluding hydrogens is 318 g/mol. The predicted octanol–water partition coefficient (Wildman–Crippen LogP) is 3.10. The van der Waals surface area contributed by atoms with E-state index in [1.165, 1.54) is 5.56 Å². The van der Waals surface area contributed by atoms with Crippen LogP contribution in [0.1, 0.15) is 23.6 Å². The SMILES string of the molecule is CCOc1cccc(CNc2nn[nH]n2)c1OCc1ccc(C)cc1. The van der Waals surface area contributed by atoms with Gasteiger partial charge in [-0.25, -0.2) is 0 Å². The van der Waals surface area contributed by atoms with Crippen LogP contribution in [0.15, 0.2) is 42.5 Å². The van der Waals surface area contributed by atoms with Crippen molar-refractivity contribution in [1.29, 1.82) is 0 Å². The molecule has 0 saturated carbocycles. The molecule has 0 aliphatic carbocycles. The maximum atomic E-state index is 6.09. The number of H-pyrrole nitrogens is 1. The molecule has 1 heterocycles. The zero-order valence-corrected chi connectivity index (χ0v) is 14.3. The highest BCUT2D eigenvalue weighted by molar-refractivity contribution is 5.48. The first kappa shape index (κ1) is 16.8. The molecule has 0 aliphatic heterocycles. The molecule has 7 heteroatoms. The number of nitrogens with one attached hydrogen (secondary N) is 2. The van der Waals surface area contributed by atoms with Gasteiger partial charge in [0.2, 0.25) is 0 Å². The third-order valence-corrected chi connectivity index (χ3v) is 3.65. The number of nitrogens with zero attached hydrogens (tertiary/aromatic N) is 3. The number of hydrogen-bond acceptors (Lipinski definition) is 6. The molecule has 1 aromatic heterocycles. The van der Waals surface area contributed by atoms with Gasteiger partial charge in [-0.05, 0) is 30.7 Å². The van der Waals surface area contributed by atoms with Crippen LogP contribution >= 0.6 is 0 Å². The Balaban J connectivity index is 1.76. The molecule has 0 amide bonds. The average molecular weight is 339 g/mol. The fraction of sp³-hybridized carbons (Fsp3) is 0.278. The van der Waals surface area contributed by atoms with Gasteiger partial charge in [0, 0.05) is 12.1 Å². The van der Waals surface area contributed by atoms with E-state index < -0.39 is 0 Å². The Morgan fingerprint density at radius 1 is 1.08 bits per heavy atom. The van der Waals surface area contributed by atoms with E-state index in [1.54, 1.807) is 0 Å². The van der Waals surface area contributed by atoms with E-state index in [-0.39, 0.29) is 0 Å². The number of aryl methyl sites for hydroxylation is 1. The zero-order chi connectivity index (χ0) is 17.5. The molecular formula is C18H21N5O2. The molecule has 0 unspecified atom stereocenters. The number of anilines is 1. The van der Waals surface area contributed by atoms with Crippen molar-refractivity contribution in [3.8, 4) is 11.5 Å². The van der Waals surface area contributed by atoms with Crippen LogP contribution in [0.2, 0.25) is 0 Å². The van der Waals surface area contributed by atoms with Crippen LogP contribution in [-0.4, -0.2) is 27.2 Å². The van der Waals surface area contributed by atoms with Crippen molar-refractivity contribution in [1.82, 2.24) is 20.6 Å². The van der Waals surface area contributed by atoms with E-state index >= 15 is 0 Å². The summed E-state index contributed by atoms with van der Waals surface area (Å²) >= 11 is 0. The fourth-order valence-corrected chi connectivity index (χ4v) is 2.38. The van der Waals surface area contributed by atoms with Crippen LogP contribution in [0.25, 0.3) is 0 Å². The molecule has 2 N–H and O–H groups in total. The standard InChI is InChI=1S/C18H21N5O2/c1-3-24-16-6-4-5-15(11-19-18-20-22-23-21-18)17(16)25-12-14-9-7-13(2)8-10-14/h4-10H,3,11-12H2,1-2H3,(H2,19,20,21,22,23). The third kappa shape index (κ3) is 4.47. The maximum Gasteiger partial charge on any atom is 0.263 e. The number of benzene rings is 2. The second-order valence-electron chi connectivity index (χ2n) is 5.54. The molecule has 0 atom stereocenters. The van der Waals surface area contributed by atoms with Crippen LogP contribution in [-0.2, 0) is 13.2 Å². The zero-order valence-electron chi connectivity index (χ0n) is 14.3. The van der Waals surface area contributed by atoms with Crippen molar-refractivity contribution >= 4 is 5.95 Å². The summed E-state index contributed by atoms with van der Waals surface area (Å²) in [6.45, 7) is 5.57. The minimum atomic E-state index is 0.436. The highest BCUT2D eigenvalue weighted by Crippen LogP contribution is 2.32. The Bertz CT molecular complexity index is 788. The van der Waals surface area contributed by atoms with Crippen LogP contribution in [0.4, 0.5) is 5.95 Å². The summed E-state index contributed by atoms with van der Waals surface area (Å²) in [5.74, 6) is 1.88. The highest BCUT2D eigenvalue weighted by atomic mass is 16.5. The van der Waals surface area contributed by atoms with Gasteiger partial charge in [0.1, 0.15) is 6.61 Å². The molecule has 0 spiro atoms. The molecule has 3 rings (SSSR count). The van der Waals surface area contributed by atoms with Gasteiger partial charge in [0.25, 0.3) is 5.95 Å². The van der Waals surface area contributed by atoms with Crippen molar-refractivity contribution in [2.24, 2.45) is 0 Å². The third-order valence-electron chi connectivity index (χ3n) is 3.65. The smallest absolute Gasteiger partial charge is 0.263 e. The quantitative estimate of drug-likeness (QED) is 0.656. The minimum absolute atomic E-state index is 0.436. The first-order valence-corrected chi connectivity index (χ1v) is 8.16. The molecule has 0 fully saturated rings. The molecule has 130 valence electrons. The van der Waals surface area contributed by atoms with Crippen molar-refractivity contribution < 1.29 is 9.47 Å². The number of para-hydroxylation sites is 1. The lowest BCUT2D eigenvalue weighted by atomic mass is 10.1. The largest absolute Gasteiger partial charge is 0.490 e. The van der Waals surface area contributed by atoms with E-state index in [0.29, 0.717) is 25.7 Å². The van der Waals surface area contributed by atoms with E-state index in [2.05, 4.69) is 57.1 Å². The number of ether oxygens (including phenoxy) is 2. The maximum absolute atomic E-state index is 6.09. The minimum Gasteiger partial charge on any atom is -0.490 e. The van der Waals surface area contributed by atoms with Crippen LogP contribution in [0, 0.1) is 6.92 Å². The molecule has 2 aromatic carbocycles. The molecule has 7 nitrogen and oxygen atoms in total. The van der Waals surface area contributed by atoms with Gasteiger partial charge >= 0.3 is 0 Å². The number of aromatic amines is 1. The number of aromatic nitrogens is 4. The van der Waals surface area contributed by atoms with Crippen molar-refractivity contribution in [3.63, 3.8) is 0 Å². The topological polar surface area (TPSA) is 85.0 Å². The summed E-state index contributed by atoms with van der Waals surface area (Å²) in [4.78, 5) is 0. The van der Waals surface area contributed by atoms with Crippen molar-refractivity contribution in [2.75, 3.05) is 11.9 Å². The Labute approximate surface area is 146 Å². The van der Waals surface area contributed by atoms with Gasteiger partial charge < -0.3 is 14.8 Å². The second kappa shape index (κ2) is 8.14. The Kier molecular flexibility index (Phi) is 5.46. The first-order chi connectivity index (χ1) is 12.3. The normalized spacial score (nSPS) is 10.5. The van der Waals surface area contributed by atoms with E-state index in [1.807, 2.05) is 25.1 Å². The summed E-state index contributed by atoms with van der Waals surface area (Å²) in [6, 6.07) is 14.1. The Morgan fingerprint density at radius 3 is 2.64 bits per heavy atom. The van der Waals surface area contributed by atoms with E-state index in [4.69, 9.17) is 9.47 Å². The summed E-state index contributed by atoms with van der Waals surface area (Å²) in [5.41, 5.74) is 3.29. The lowest BCUT2D eigenvalue weighted by Gasteiger charge is -2.16. The average Bonchev–Trinajstić information content (AvgIpc) is 3.14. The number of rotatable bonds is 8. The van der Waals surface area contributed by atoms with E-state index in [0.717, 1.165) is 22.6 Å². The van der Waals surface area contributed by atoms with E-state index in [9.17, 15) is 0 Å². The summed E-state index contributed by atoms with van der Waals surface area (Å²) in [7, 11) is 0. The van der Waals surface area contributed by atoms with Gasteiger partial charge in [-0.1, -0.05) is 47.1 Å². The van der Waals surface area contributed by atoms with Gasteiger partial charge in [-0.15, -0.1) is 5.10 Å². The molecule has 0 radical (unpaired) electrons. The summed E-state index contributed by atoms with van der Waals surface area (Å²) in [6.07, 6.45) is 0. The predicted molar refractivity (Wildman–Crippen MR) is 94.6 cm³/mol. The van der Waals surface area contributed by atoms with Gasteiger partial charge in [-0.2, -0.15) is 5.21 Å². The van der Waals surface area contributed by atoms with Gasteiger partial charge in [-0.3, -0.25) is 0 Å². The lowest BCUT2D eigenvalue weighted by Crippen LogP contribution is -2.07. The Hall–Kier alpha value is -3.09.